The number of rotatable bonds is 6. The van der Waals surface area contributed by atoms with Gasteiger partial charge in [-0.2, -0.15) is 10.2 Å². The van der Waals surface area contributed by atoms with Crippen LogP contribution in [0, 0.1) is 23.2 Å². The van der Waals surface area contributed by atoms with Crippen LogP contribution in [0.15, 0.2) is 36.4 Å². The van der Waals surface area contributed by atoms with Crippen LogP contribution in [0.3, 0.4) is 0 Å². The highest BCUT2D eigenvalue weighted by Gasteiger charge is 2.34. The number of anilines is 2. The van der Waals surface area contributed by atoms with Crippen molar-refractivity contribution in [2.24, 2.45) is 11.8 Å². The predicted octanol–water partition coefficient (Wildman–Crippen LogP) is 6.01. The molecule has 3 atom stereocenters. The van der Waals surface area contributed by atoms with Gasteiger partial charge in [0.1, 0.15) is 24.1 Å². The monoisotopic (exact) mass is 598 g/mol. The summed E-state index contributed by atoms with van der Waals surface area (Å²) in [4.78, 5) is 12.5. The quantitative estimate of drug-likeness (QED) is 0.373. The fraction of sp³-hybridized carbons (Fsp3) is 0.543. The first-order valence-electron chi connectivity index (χ1n) is 16.3. The number of aromatic nitrogens is 1. The summed E-state index contributed by atoms with van der Waals surface area (Å²) >= 11 is 6.76. The molecule has 0 spiro atoms. The van der Waals surface area contributed by atoms with E-state index in [1.165, 1.54) is 37.7 Å². The molecule has 3 fully saturated rings. The summed E-state index contributed by atoms with van der Waals surface area (Å²) in [5, 5.41) is 17.2. The average molecular weight is 599 g/mol. The van der Waals surface area contributed by atoms with Gasteiger partial charge >= 0.3 is 0 Å². The molecular formula is C35H43ClN6O. The molecule has 43 heavy (non-hydrogen) atoms. The molecule has 0 aliphatic carbocycles. The smallest absolute Gasteiger partial charge is 0.234 e. The Labute approximate surface area is 260 Å². The van der Waals surface area contributed by atoms with Gasteiger partial charge < -0.3 is 24.8 Å². The number of nitrogens with zero attached hydrogens (tertiary/aromatic N) is 5. The van der Waals surface area contributed by atoms with Crippen molar-refractivity contribution in [1.82, 2.24) is 15.2 Å². The molecule has 7 rings (SSSR count). The van der Waals surface area contributed by atoms with E-state index in [1.54, 1.807) is 0 Å². The van der Waals surface area contributed by atoms with Crippen LogP contribution in [0.4, 0.5) is 11.5 Å². The summed E-state index contributed by atoms with van der Waals surface area (Å²) < 4.78 is 6.50. The highest BCUT2D eigenvalue weighted by Crippen LogP contribution is 2.41. The van der Waals surface area contributed by atoms with Crippen LogP contribution in [0.1, 0.15) is 55.2 Å². The third-order valence-electron chi connectivity index (χ3n) is 10.5. The van der Waals surface area contributed by atoms with Crippen molar-refractivity contribution in [2.75, 3.05) is 62.7 Å². The molecule has 226 valence electrons. The van der Waals surface area contributed by atoms with Gasteiger partial charge in [-0.05, 0) is 101 Å². The van der Waals surface area contributed by atoms with Crippen molar-refractivity contribution in [3.8, 4) is 11.9 Å². The first-order valence-corrected chi connectivity index (χ1v) is 16.6. The van der Waals surface area contributed by atoms with Gasteiger partial charge in [-0.3, -0.25) is 0 Å². The van der Waals surface area contributed by atoms with E-state index in [4.69, 9.17) is 21.3 Å². The Morgan fingerprint density at radius 2 is 1.84 bits per heavy atom. The molecule has 5 heterocycles. The molecule has 1 N–H and O–H groups in total. The van der Waals surface area contributed by atoms with Gasteiger partial charge in [0, 0.05) is 54.4 Å². The number of piperidine rings is 2. The number of likely N-dealkylation sites (tertiary alicyclic amines) is 1. The van der Waals surface area contributed by atoms with E-state index in [9.17, 15) is 5.26 Å². The third kappa shape index (κ3) is 5.66. The second kappa shape index (κ2) is 12.5. The fourth-order valence-electron chi connectivity index (χ4n) is 8.05. The SMILES string of the molecule is CN1CCC[C@H]1COc1nc(N2CCCC(C3CCCNC3)C2)c2c(c1C#N)CN(c1cccc3cccc(Cl)c13)CC2. The Bertz CT molecular complexity index is 1510. The van der Waals surface area contributed by atoms with Gasteiger partial charge in [-0.1, -0.05) is 35.9 Å². The Morgan fingerprint density at radius 3 is 2.63 bits per heavy atom. The third-order valence-corrected chi connectivity index (χ3v) is 10.8. The van der Waals surface area contributed by atoms with Gasteiger partial charge in [0.25, 0.3) is 0 Å². The molecule has 0 bridgehead atoms. The average Bonchev–Trinajstić information content (AvgIpc) is 3.47. The Hall–Kier alpha value is -3.05. The lowest BCUT2D eigenvalue weighted by molar-refractivity contribution is 0.192. The number of fused-ring (bicyclic) bond motifs is 2. The zero-order valence-electron chi connectivity index (χ0n) is 25.3. The Morgan fingerprint density at radius 1 is 1.00 bits per heavy atom. The number of hydrogen-bond donors (Lipinski definition) is 1. The number of ether oxygens (including phenoxy) is 1. The minimum atomic E-state index is 0.361. The molecule has 3 saturated heterocycles. The topological polar surface area (TPSA) is 67.7 Å². The van der Waals surface area contributed by atoms with E-state index < -0.39 is 0 Å². The van der Waals surface area contributed by atoms with E-state index in [0.717, 1.165) is 90.9 Å². The molecule has 8 heteroatoms. The van der Waals surface area contributed by atoms with Gasteiger partial charge in [0.15, 0.2) is 0 Å². The van der Waals surface area contributed by atoms with Gasteiger partial charge in [0.2, 0.25) is 5.88 Å². The minimum Gasteiger partial charge on any atom is -0.475 e. The molecule has 0 amide bonds. The van der Waals surface area contributed by atoms with Gasteiger partial charge in [-0.25, -0.2) is 0 Å². The zero-order chi connectivity index (χ0) is 29.3. The zero-order valence-corrected chi connectivity index (χ0v) is 26.1. The highest BCUT2D eigenvalue weighted by molar-refractivity contribution is 6.36. The molecule has 7 nitrogen and oxygen atoms in total. The summed E-state index contributed by atoms with van der Waals surface area (Å²) in [5.41, 5.74) is 4.01. The van der Waals surface area contributed by atoms with Gasteiger partial charge in [0.05, 0.1) is 5.02 Å². The summed E-state index contributed by atoms with van der Waals surface area (Å²) in [5.74, 6) is 2.96. The normalized spacial score (nSPS) is 24.6. The summed E-state index contributed by atoms with van der Waals surface area (Å²) in [6.45, 7) is 7.47. The summed E-state index contributed by atoms with van der Waals surface area (Å²) in [6, 6.07) is 15.4. The number of halogens is 1. The van der Waals surface area contributed by atoms with E-state index >= 15 is 0 Å². The molecular weight excluding hydrogens is 556 g/mol. The van der Waals surface area contributed by atoms with E-state index in [1.807, 2.05) is 12.1 Å². The molecule has 1 aromatic heterocycles. The first kappa shape index (κ1) is 28.7. The maximum Gasteiger partial charge on any atom is 0.234 e. The summed E-state index contributed by atoms with van der Waals surface area (Å²) in [7, 11) is 2.17. The highest BCUT2D eigenvalue weighted by atomic mass is 35.5. The molecule has 4 aliphatic rings. The van der Waals surface area contributed by atoms with Crippen molar-refractivity contribution in [2.45, 2.75) is 57.5 Å². The number of likely N-dealkylation sites (N-methyl/N-ethyl adjacent to an activating group) is 1. The van der Waals surface area contributed by atoms with E-state index in [2.05, 4.69) is 57.4 Å². The number of pyridine rings is 1. The molecule has 4 aliphatic heterocycles. The van der Waals surface area contributed by atoms with Crippen LogP contribution in [0.2, 0.25) is 5.02 Å². The van der Waals surface area contributed by atoms with Crippen molar-refractivity contribution in [1.29, 1.82) is 5.26 Å². The van der Waals surface area contributed by atoms with Crippen LogP contribution < -0.4 is 19.9 Å². The maximum atomic E-state index is 10.6. The molecule has 0 saturated carbocycles. The minimum absolute atomic E-state index is 0.361. The number of benzene rings is 2. The molecule has 0 radical (unpaired) electrons. The van der Waals surface area contributed by atoms with Crippen molar-refractivity contribution >= 4 is 33.9 Å². The molecule has 2 aromatic carbocycles. The van der Waals surface area contributed by atoms with Crippen LogP contribution in [0.25, 0.3) is 10.8 Å². The van der Waals surface area contributed by atoms with Crippen molar-refractivity contribution in [3.63, 3.8) is 0 Å². The van der Waals surface area contributed by atoms with Crippen LogP contribution in [0.5, 0.6) is 5.88 Å². The van der Waals surface area contributed by atoms with Crippen LogP contribution >= 0.6 is 11.6 Å². The summed E-state index contributed by atoms with van der Waals surface area (Å²) in [6.07, 6.45) is 8.20. The second-order valence-electron chi connectivity index (χ2n) is 13.0. The first-order chi connectivity index (χ1) is 21.1. The Balaban J connectivity index is 1.26. The van der Waals surface area contributed by atoms with Gasteiger partial charge in [-0.15, -0.1) is 0 Å². The largest absolute Gasteiger partial charge is 0.475 e. The van der Waals surface area contributed by atoms with Crippen molar-refractivity contribution in [3.05, 3.63) is 58.1 Å². The second-order valence-corrected chi connectivity index (χ2v) is 13.4. The lowest BCUT2D eigenvalue weighted by Crippen LogP contribution is -2.44. The molecule has 2 unspecified atom stereocenters. The predicted molar refractivity (Wildman–Crippen MR) is 174 cm³/mol. The lowest BCUT2D eigenvalue weighted by Gasteiger charge is -2.41. The number of nitrogens with one attached hydrogen (secondary N) is 1. The maximum absolute atomic E-state index is 10.6. The fourth-order valence-corrected chi connectivity index (χ4v) is 8.33. The number of hydrogen-bond acceptors (Lipinski definition) is 7. The molecule has 3 aromatic rings. The van der Waals surface area contributed by atoms with Crippen molar-refractivity contribution < 1.29 is 4.74 Å². The number of nitriles is 1. The van der Waals surface area contributed by atoms with Crippen LogP contribution in [-0.4, -0.2) is 68.8 Å². The van der Waals surface area contributed by atoms with Crippen LogP contribution in [-0.2, 0) is 13.0 Å². The van der Waals surface area contributed by atoms with E-state index in [0.29, 0.717) is 36.6 Å². The lowest BCUT2D eigenvalue weighted by atomic mass is 9.81. The van der Waals surface area contributed by atoms with E-state index in [-0.39, 0.29) is 0 Å². The standard InChI is InChI=1S/C35H43ClN6O/c1-40-16-6-11-27(40)23-43-35-29(19-37)30-22-41(32-13-3-8-24-7-2-12-31(36)33(24)32)18-14-28(30)34(39-35)42-17-5-10-26(21-42)25-9-4-15-38-20-25/h2-3,7-8,12-13,25-27,38H,4-6,9-11,14-18,20-23H2,1H3/t25?,26?,27-/m0/s1. The Kier molecular flexibility index (Phi) is 8.35.